The van der Waals surface area contributed by atoms with Gasteiger partial charge in [-0.2, -0.15) is 9.94 Å². The number of thioether (sulfide) groups is 1. The smallest absolute Gasteiger partial charge is 0.237 e. The highest BCUT2D eigenvalue weighted by atomic mass is 32.2. The summed E-state index contributed by atoms with van der Waals surface area (Å²) in [6.07, 6.45) is 0.176. The Balaban J connectivity index is 1.78. The van der Waals surface area contributed by atoms with Crippen molar-refractivity contribution in [2.24, 2.45) is 0 Å². The Labute approximate surface area is 170 Å². The summed E-state index contributed by atoms with van der Waals surface area (Å²) >= 11 is 1.12. The number of carbonyl (C=O) groups excluding carboxylic acids is 1. The van der Waals surface area contributed by atoms with Gasteiger partial charge in [0, 0.05) is 6.54 Å². The highest BCUT2D eigenvalue weighted by molar-refractivity contribution is 7.99. The van der Waals surface area contributed by atoms with Crippen molar-refractivity contribution >= 4 is 23.4 Å². The number of benzene rings is 2. The number of para-hydroxylation sites is 2. The number of tetrazole rings is 1. The Bertz CT molecular complexity index is 1040. The number of rotatable bonds is 8. The average Bonchev–Trinajstić information content (AvgIpc) is 3.21. The Morgan fingerprint density at radius 2 is 2.14 bits per heavy atom. The number of nitrogens with zero attached hydrogens (tertiary/aromatic N) is 6. The number of ether oxygens (including phenoxy) is 1. The average molecular weight is 412 g/mol. The molecular formula is C19H17FN6O2S. The molecule has 0 unspecified atom stereocenters. The van der Waals surface area contributed by atoms with Gasteiger partial charge < -0.3 is 9.64 Å². The first kappa shape index (κ1) is 20.3. The van der Waals surface area contributed by atoms with Crippen LogP contribution in [0.4, 0.5) is 10.1 Å². The standard InChI is InChI=1S/C19H17FN6O2S/c1-28-17-9-3-2-8-16(17)25(11-5-10-21)18(27)13-29-19-22-23-24-26(19)15-7-4-6-14(20)12-15/h2-4,6-9,12H,5,11,13H2,1H3. The molecule has 29 heavy (non-hydrogen) atoms. The molecule has 0 atom stereocenters. The van der Waals surface area contributed by atoms with Crippen LogP contribution in [0.2, 0.25) is 0 Å². The first-order valence-electron chi connectivity index (χ1n) is 8.61. The van der Waals surface area contributed by atoms with Gasteiger partial charge in [-0.05, 0) is 40.8 Å². The monoisotopic (exact) mass is 412 g/mol. The maximum atomic E-state index is 13.5. The van der Waals surface area contributed by atoms with Gasteiger partial charge in [0.15, 0.2) is 0 Å². The third-order valence-electron chi connectivity index (χ3n) is 3.94. The van der Waals surface area contributed by atoms with Crippen LogP contribution in [0.3, 0.4) is 0 Å². The van der Waals surface area contributed by atoms with Crippen LogP contribution in [0.5, 0.6) is 5.75 Å². The Hall–Kier alpha value is -3.45. The molecule has 0 N–H and O–H groups in total. The molecule has 0 bridgehead atoms. The van der Waals surface area contributed by atoms with E-state index in [1.54, 1.807) is 36.4 Å². The van der Waals surface area contributed by atoms with E-state index in [0.717, 1.165) is 11.8 Å². The lowest BCUT2D eigenvalue weighted by molar-refractivity contribution is -0.116. The lowest BCUT2D eigenvalue weighted by Gasteiger charge is -2.23. The number of hydrogen-bond acceptors (Lipinski definition) is 7. The Kier molecular flexibility index (Phi) is 6.76. The number of nitriles is 1. The van der Waals surface area contributed by atoms with E-state index in [0.29, 0.717) is 22.3 Å². The van der Waals surface area contributed by atoms with E-state index in [1.807, 2.05) is 0 Å². The van der Waals surface area contributed by atoms with E-state index in [4.69, 9.17) is 10.00 Å². The predicted octanol–water partition coefficient (Wildman–Crippen LogP) is 2.85. The van der Waals surface area contributed by atoms with Crippen molar-refractivity contribution in [3.63, 3.8) is 0 Å². The molecule has 10 heteroatoms. The summed E-state index contributed by atoms with van der Waals surface area (Å²) in [5, 5.41) is 20.7. The minimum absolute atomic E-state index is 0.0270. The first-order chi connectivity index (χ1) is 14.1. The fraction of sp³-hybridized carbons (Fsp3) is 0.211. The highest BCUT2D eigenvalue weighted by Crippen LogP contribution is 2.29. The van der Waals surface area contributed by atoms with E-state index in [-0.39, 0.29) is 24.6 Å². The number of aromatic nitrogens is 4. The highest BCUT2D eigenvalue weighted by Gasteiger charge is 2.20. The molecule has 148 valence electrons. The van der Waals surface area contributed by atoms with E-state index in [1.165, 1.54) is 28.8 Å². The molecule has 0 saturated heterocycles. The van der Waals surface area contributed by atoms with Gasteiger partial charge in [0.1, 0.15) is 11.6 Å². The van der Waals surface area contributed by atoms with Gasteiger partial charge in [-0.3, -0.25) is 4.79 Å². The zero-order valence-electron chi connectivity index (χ0n) is 15.5. The van der Waals surface area contributed by atoms with Crippen molar-refractivity contribution in [2.45, 2.75) is 11.6 Å². The number of halogens is 1. The molecule has 0 aliphatic rings. The molecular weight excluding hydrogens is 395 g/mol. The molecule has 0 aliphatic carbocycles. The summed E-state index contributed by atoms with van der Waals surface area (Å²) in [6.45, 7) is 0.227. The molecule has 1 amide bonds. The van der Waals surface area contributed by atoms with E-state index < -0.39 is 5.82 Å². The SMILES string of the molecule is COc1ccccc1N(CCC#N)C(=O)CSc1nnnn1-c1cccc(F)c1. The van der Waals surface area contributed by atoms with Crippen LogP contribution < -0.4 is 9.64 Å². The van der Waals surface area contributed by atoms with Crippen molar-refractivity contribution in [1.82, 2.24) is 20.2 Å². The molecule has 0 spiro atoms. The summed E-state index contributed by atoms with van der Waals surface area (Å²) in [5.74, 6) is -0.0834. The fourth-order valence-electron chi connectivity index (χ4n) is 2.64. The van der Waals surface area contributed by atoms with Gasteiger partial charge in [0.25, 0.3) is 0 Å². The maximum Gasteiger partial charge on any atom is 0.237 e. The number of hydrogen-bond donors (Lipinski definition) is 0. The Morgan fingerprint density at radius 1 is 1.31 bits per heavy atom. The van der Waals surface area contributed by atoms with Gasteiger partial charge in [-0.25, -0.2) is 4.39 Å². The van der Waals surface area contributed by atoms with Crippen LogP contribution in [-0.4, -0.2) is 45.5 Å². The van der Waals surface area contributed by atoms with Gasteiger partial charge in [0.2, 0.25) is 11.1 Å². The van der Waals surface area contributed by atoms with E-state index >= 15 is 0 Å². The second kappa shape index (κ2) is 9.66. The second-order valence-corrected chi connectivity index (χ2v) is 6.71. The zero-order valence-corrected chi connectivity index (χ0v) is 16.3. The largest absolute Gasteiger partial charge is 0.495 e. The molecule has 1 heterocycles. The summed E-state index contributed by atoms with van der Waals surface area (Å²) in [5.41, 5.74) is 1.04. The third kappa shape index (κ3) is 4.89. The topological polar surface area (TPSA) is 96.9 Å². The zero-order chi connectivity index (χ0) is 20.6. The summed E-state index contributed by atoms with van der Waals surface area (Å²) in [7, 11) is 1.52. The molecule has 0 aliphatic heterocycles. The van der Waals surface area contributed by atoms with E-state index in [9.17, 15) is 9.18 Å². The quantitative estimate of drug-likeness (QED) is 0.525. The lowest BCUT2D eigenvalue weighted by atomic mass is 10.2. The van der Waals surface area contributed by atoms with Crippen LogP contribution in [0, 0.1) is 17.1 Å². The van der Waals surface area contributed by atoms with Gasteiger partial charge in [0.05, 0.1) is 36.7 Å². The molecule has 0 saturated carbocycles. The molecule has 8 nitrogen and oxygen atoms in total. The minimum Gasteiger partial charge on any atom is -0.495 e. The maximum absolute atomic E-state index is 13.5. The molecule has 0 radical (unpaired) electrons. The number of amides is 1. The van der Waals surface area contributed by atoms with Gasteiger partial charge in [-0.15, -0.1) is 5.10 Å². The number of anilines is 1. The Morgan fingerprint density at radius 3 is 2.90 bits per heavy atom. The van der Waals surface area contributed by atoms with Crippen LogP contribution >= 0.6 is 11.8 Å². The minimum atomic E-state index is -0.413. The molecule has 3 aromatic rings. The third-order valence-corrected chi connectivity index (χ3v) is 4.85. The summed E-state index contributed by atoms with van der Waals surface area (Å²) in [4.78, 5) is 14.4. The van der Waals surface area contributed by atoms with Gasteiger partial charge in [-0.1, -0.05) is 30.0 Å². The van der Waals surface area contributed by atoms with Crippen molar-refractivity contribution in [1.29, 1.82) is 5.26 Å². The van der Waals surface area contributed by atoms with Crippen molar-refractivity contribution in [3.8, 4) is 17.5 Å². The molecule has 1 aromatic heterocycles. The lowest BCUT2D eigenvalue weighted by Crippen LogP contribution is -2.33. The van der Waals surface area contributed by atoms with Crippen LogP contribution in [-0.2, 0) is 4.79 Å². The molecule has 3 rings (SSSR count). The number of methoxy groups -OCH3 is 1. The van der Waals surface area contributed by atoms with Crippen LogP contribution in [0.1, 0.15) is 6.42 Å². The molecule has 0 fully saturated rings. The first-order valence-corrected chi connectivity index (χ1v) is 9.60. The normalized spacial score (nSPS) is 10.4. The molecule has 2 aromatic carbocycles. The fourth-order valence-corrected chi connectivity index (χ4v) is 3.40. The van der Waals surface area contributed by atoms with E-state index in [2.05, 4.69) is 21.6 Å². The summed E-state index contributed by atoms with van der Waals surface area (Å²) < 4.78 is 20.2. The van der Waals surface area contributed by atoms with Crippen molar-refractivity contribution in [2.75, 3.05) is 24.3 Å². The van der Waals surface area contributed by atoms with Crippen LogP contribution in [0.25, 0.3) is 5.69 Å². The second-order valence-electron chi connectivity index (χ2n) is 5.77. The van der Waals surface area contributed by atoms with Gasteiger partial charge >= 0.3 is 0 Å². The predicted molar refractivity (Wildman–Crippen MR) is 105 cm³/mol. The number of carbonyl (C=O) groups is 1. The summed E-state index contributed by atoms with van der Waals surface area (Å²) in [6, 6.07) is 15.0. The van der Waals surface area contributed by atoms with Crippen molar-refractivity contribution < 1.29 is 13.9 Å². The van der Waals surface area contributed by atoms with Crippen molar-refractivity contribution in [3.05, 3.63) is 54.3 Å². The van der Waals surface area contributed by atoms with Crippen LogP contribution in [0.15, 0.2) is 53.7 Å².